The summed E-state index contributed by atoms with van der Waals surface area (Å²) in [4.78, 5) is 19.1. The van der Waals surface area contributed by atoms with Crippen LogP contribution >= 0.6 is 0 Å². The van der Waals surface area contributed by atoms with Crippen LogP contribution in [0.5, 0.6) is 0 Å². The fraction of sp³-hybridized carbons (Fsp3) is 0.700. The summed E-state index contributed by atoms with van der Waals surface area (Å²) >= 11 is 0. The molecule has 9 nitrogen and oxygen atoms in total. The number of rotatable bonds is 5. The van der Waals surface area contributed by atoms with Gasteiger partial charge in [-0.3, -0.25) is 4.79 Å². The number of hydrogen-bond donors (Lipinski definition) is 0. The highest BCUT2D eigenvalue weighted by Gasteiger charge is 2.42. The predicted molar refractivity (Wildman–Crippen MR) is 101 cm³/mol. The lowest BCUT2D eigenvalue weighted by atomic mass is 9.78. The van der Waals surface area contributed by atoms with Crippen LogP contribution in [0.3, 0.4) is 0 Å². The van der Waals surface area contributed by atoms with Crippen LogP contribution in [0.25, 0.3) is 0 Å². The minimum absolute atomic E-state index is 0.0987. The minimum Gasteiger partial charge on any atom is -0.380 e. The molecule has 2 fully saturated rings. The van der Waals surface area contributed by atoms with Crippen LogP contribution < -0.4 is 0 Å². The van der Waals surface area contributed by atoms with Crippen LogP contribution in [-0.4, -0.2) is 58.5 Å². The van der Waals surface area contributed by atoms with Crippen molar-refractivity contribution in [3.8, 4) is 0 Å². The Morgan fingerprint density at radius 1 is 1.24 bits per heavy atom. The van der Waals surface area contributed by atoms with Gasteiger partial charge in [-0.2, -0.15) is 4.98 Å². The van der Waals surface area contributed by atoms with E-state index in [2.05, 4.69) is 15.3 Å². The maximum atomic E-state index is 13.0. The highest BCUT2D eigenvalue weighted by atomic mass is 16.5. The number of carbonyl (C=O) groups excluding carboxylic acids is 1. The lowest BCUT2D eigenvalue weighted by Gasteiger charge is -2.46. The normalized spacial score (nSPS) is 21.6. The third-order valence-electron chi connectivity index (χ3n) is 6.07. The molecule has 158 valence electrons. The molecule has 0 radical (unpaired) electrons. The van der Waals surface area contributed by atoms with Crippen molar-refractivity contribution >= 4 is 5.91 Å². The van der Waals surface area contributed by atoms with Crippen LogP contribution in [0.2, 0.25) is 0 Å². The van der Waals surface area contributed by atoms with E-state index in [-0.39, 0.29) is 11.5 Å². The first kappa shape index (κ1) is 20.0. The van der Waals surface area contributed by atoms with E-state index in [1.165, 1.54) is 0 Å². The van der Waals surface area contributed by atoms with Crippen LogP contribution in [-0.2, 0) is 22.5 Å². The van der Waals surface area contributed by atoms with E-state index >= 15 is 0 Å². The summed E-state index contributed by atoms with van der Waals surface area (Å²) in [5.74, 6) is 2.36. The zero-order valence-electron chi connectivity index (χ0n) is 17.3. The van der Waals surface area contributed by atoms with Gasteiger partial charge in [-0.15, -0.1) is 0 Å². The molecule has 1 atom stereocenters. The number of ether oxygens (including phenoxy) is 2. The molecule has 2 aromatic rings. The molecule has 1 spiro atoms. The molecule has 0 aliphatic carbocycles. The Kier molecular flexibility index (Phi) is 5.69. The van der Waals surface area contributed by atoms with Gasteiger partial charge >= 0.3 is 0 Å². The first-order chi connectivity index (χ1) is 14.0. The number of amides is 1. The monoisotopic (exact) mass is 404 g/mol. The minimum atomic E-state index is -0.173. The van der Waals surface area contributed by atoms with Gasteiger partial charge in [0.05, 0.1) is 17.8 Å². The van der Waals surface area contributed by atoms with E-state index in [4.69, 9.17) is 18.5 Å². The number of hydrogen-bond acceptors (Lipinski definition) is 8. The first-order valence-electron chi connectivity index (χ1n) is 10.2. The lowest BCUT2D eigenvalue weighted by Crippen LogP contribution is -2.51. The van der Waals surface area contributed by atoms with E-state index in [0.29, 0.717) is 43.0 Å². The van der Waals surface area contributed by atoms with E-state index in [9.17, 15) is 4.79 Å². The summed E-state index contributed by atoms with van der Waals surface area (Å²) in [5, 5.41) is 8.01. The van der Waals surface area contributed by atoms with Crippen molar-refractivity contribution in [2.24, 2.45) is 5.92 Å². The molecule has 2 aromatic heterocycles. The van der Waals surface area contributed by atoms with Gasteiger partial charge in [0.25, 0.3) is 5.91 Å². The molecule has 29 heavy (non-hydrogen) atoms. The number of aryl methyl sites for hydroxylation is 2. The number of nitrogens with zero attached hydrogens (tertiary/aromatic N) is 4. The Labute approximate surface area is 169 Å². The third-order valence-corrected chi connectivity index (χ3v) is 6.07. The molecule has 2 aliphatic rings. The predicted octanol–water partition coefficient (Wildman–Crippen LogP) is 2.46. The molecule has 0 N–H and O–H groups in total. The summed E-state index contributed by atoms with van der Waals surface area (Å²) in [6.07, 6.45) is 4.40. The zero-order chi connectivity index (χ0) is 20.4. The summed E-state index contributed by atoms with van der Waals surface area (Å²) < 4.78 is 21.7. The Bertz CT molecular complexity index is 853. The van der Waals surface area contributed by atoms with Crippen LogP contribution in [0.15, 0.2) is 9.05 Å². The lowest BCUT2D eigenvalue weighted by molar-refractivity contribution is -0.123. The molecule has 2 aliphatic heterocycles. The number of aromatic nitrogens is 3. The van der Waals surface area contributed by atoms with Crippen molar-refractivity contribution in [1.82, 2.24) is 20.2 Å². The van der Waals surface area contributed by atoms with Crippen molar-refractivity contribution in [2.75, 3.05) is 26.8 Å². The second-order valence-corrected chi connectivity index (χ2v) is 8.12. The van der Waals surface area contributed by atoms with Gasteiger partial charge in [-0.1, -0.05) is 10.3 Å². The van der Waals surface area contributed by atoms with Gasteiger partial charge in [-0.25, -0.2) is 0 Å². The molecule has 4 heterocycles. The van der Waals surface area contributed by atoms with Crippen molar-refractivity contribution in [3.63, 3.8) is 0 Å². The number of piperidine rings is 1. The Morgan fingerprint density at radius 2 is 2.03 bits per heavy atom. The standard InChI is InChI=1S/C20H28N4O5/c1-13-16(12-26-3)18(23-28-13)19(25)24-7-5-20(6-8-24)11-15(4-9-27-20)10-17-21-14(2)29-22-17/h15H,4-12H2,1-3H3. The largest absolute Gasteiger partial charge is 0.380 e. The molecule has 0 bridgehead atoms. The highest BCUT2D eigenvalue weighted by Crippen LogP contribution is 2.39. The summed E-state index contributed by atoms with van der Waals surface area (Å²) in [7, 11) is 1.60. The molecule has 1 unspecified atom stereocenters. The fourth-order valence-electron chi connectivity index (χ4n) is 4.47. The van der Waals surface area contributed by atoms with E-state index < -0.39 is 0 Å². The first-order valence-corrected chi connectivity index (χ1v) is 10.2. The number of methoxy groups -OCH3 is 1. The molecule has 1 amide bonds. The summed E-state index contributed by atoms with van der Waals surface area (Å²) in [6.45, 7) is 5.94. The van der Waals surface area contributed by atoms with Crippen LogP contribution in [0.4, 0.5) is 0 Å². The van der Waals surface area contributed by atoms with Crippen molar-refractivity contribution in [3.05, 3.63) is 28.7 Å². The van der Waals surface area contributed by atoms with Gasteiger partial charge in [-0.05, 0) is 38.5 Å². The van der Waals surface area contributed by atoms with Gasteiger partial charge in [0.1, 0.15) is 5.76 Å². The van der Waals surface area contributed by atoms with Crippen LogP contribution in [0.1, 0.15) is 59.2 Å². The van der Waals surface area contributed by atoms with Crippen molar-refractivity contribution < 1.29 is 23.3 Å². The summed E-state index contributed by atoms with van der Waals surface area (Å²) in [6, 6.07) is 0. The smallest absolute Gasteiger partial charge is 0.276 e. The Hall–Kier alpha value is -2.26. The Morgan fingerprint density at radius 3 is 2.72 bits per heavy atom. The fourth-order valence-corrected chi connectivity index (χ4v) is 4.47. The second kappa shape index (κ2) is 8.23. The molecular formula is C20H28N4O5. The maximum absolute atomic E-state index is 13.0. The average Bonchev–Trinajstić information content (AvgIpc) is 3.28. The van der Waals surface area contributed by atoms with Gasteiger partial charge < -0.3 is 23.4 Å². The average molecular weight is 404 g/mol. The van der Waals surface area contributed by atoms with Gasteiger partial charge in [0, 0.05) is 40.2 Å². The van der Waals surface area contributed by atoms with Gasteiger partial charge in [0.15, 0.2) is 11.5 Å². The molecule has 0 saturated carbocycles. The van der Waals surface area contributed by atoms with E-state index in [1.54, 1.807) is 14.0 Å². The van der Waals surface area contributed by atoms with Gasteiger partial charge in [0.2, 0.25) is 5.89 Å². The molecule has 0 aromatic carbocycles. The third kappa shape index (κ3) is 4.20. The maximum Gasteiger partial charge on any atom is 0.276 e. The highest BCUT2D eigenvalue weighted by molar-refractivity contribution is 5.93. The quantitative estimate of drug-likeness (QED) is 0.749. The SMILES string of the molecule is COCc1c(C(=O)N2CCC3(CC2)CC(Cc2noc(C)n2)CCO3)noc1C. The molecule has 2 saturated heterocycles. The van der Waals surface area contributed by atoms with E-state index in [0.717, 1.165) is 50.1 Å². The summed E-state index contributed by atoms with van der Waals surface area (Å²) in [5.41, 5.74) is 0.908. The molecule has 9 heteroatoms. The number of likely N-dealkylation sites (tertiary alicyclic amines) is 1. The van der Waals surface area contributed by atoms with Crippen molar-refractivity contribution in [2.45, 2.75) is 58.2 Å². The Balaban J connectivity index is 1.37. The van der Waals surface area contributed by atoms with Crippen LogP contribution in [0, 0.1) is 19.8 Å². The number of carbonyl (C=O) groups is 1. The second-order valence-electron chi connectivity index (χ2n) is 8.12. The van der Waals surface area contributed by atoms with E-state index in [1.807, 2.05) is 11.8 Å². The zero-order valence-corrected chi connectivity index (χ0v) is 17.3. The molecular weight excluding hydrogens is 376 g/mol. The molecule has 4 rings (SSSR count). The van der Waals surface area contributed by atoms with Crippen molar-refractivity contribution in [1.29, 1.82) is 0 Å². The topological polar surface area (TPSA) is 104 Å².